The molecule has 2 saturated heterocycles. The molecule has 94 valence electrons. The van der Waals surface area contributed by atoms with E-state index in [0.717, 1.165) is 5.92 Å². The van der Waals surface area contributed by atoms with Crippen LogP contribution in [0.4, 0.5) is 0 Å². The average Bonchev–Trinajstić information content (AvgIpc) is 2.59. The quantitative estimate of drug-likeness (QED) is 0.773. The maximum atomic E-state index is 3.57. The van der Waals surface area contributed by atoms with E-state index >= 15 is 0 Å². The van der Waals surface area contributed by atoms with E-state index in [1.165, 1.54) is 71.6 Å². The van der Waals surface area contributed by atoms with Crippen molar-refractivity contribution in [3.05, 3.63) is 0 Å². The smallest absolute Gasteiger partial charge is 0.0110 e. The molecule has 2 aliphatic rings. The van der Waals surface area contributed by atoms with E-state index < -0.39 is 0 Å². The van der Waals surface area contributed by atoms with Gasteiger partial charge in [-0.25, -0.2) is 0 Å². The molecule has 0 aromatic carbocycles. The SMILES string of the molecule is CCN1CCN(CC2CCCCNC2)CC1. The Morgan fingerprint density at radius 3 is 2.56 bits per heavy atom. The second-order valence-electron chi connectivity index (χ2n) is 5.30. The van der Waals surface area contributed by atoms with Gasteiger partial charge in [-0.15, -0.1) is 0 Å². The molecule has 1 unspecified atom stereocenters. The monoisotopic (exact) mass is 225 g/mol. The van der Waals surface area contributed by atoms with Crippen molar-refractivity contribution in [2.75, 3.05) is 52.4 Å². The summed E-state index contributed by atoms with van der Waals surface area (Å²) in [5.74, 6) is 0.899. The Hall–Kier alpha value is -0.120. The predicted molar refractivity (Wildman–Crippen MR) is 68.8 cm³/mol. The minimum absolute atomic E-state index is 0.899. The van der Waals surface area contributed by atoms with Gasteiger partial charge in [0.1, 0.15) is 0 Å². The third-order valence-electron chi connectivity index (χ3n) is 4.08. The lowest BCUT2D eigenvalue weighted by molar-refractivity contribution is 0.120. The van der Waals surface area contributed by atoms with Crippen molar-refractivity contribution in [3.8, 4) is 0 Å². The molecule has 2 heterocycles. The van der Waals surface area contributed by atoms with Crippen LogP contribution in [0.25, 0.3) is 0 Å². The lowest BCUT2D eigenvalue weighted by Gasteiger charge is -2.35. The Labute approximate surface area is 100 Å². The van der Waals surface area contributed by atoms with Gasteiger partial charge in [-0.3, -0.25) is 0 Å². The number of likely N-dealkylation sites (N-methyl/N-ethyl adjacent to an activating group) is 1. The molecule has 2 aliphatic heterocycles. The largest absolute Gasteiger partial charge is 0.316 e. The zero-order valence-electron chi connectivity index (χ0n) is 10.7. The number of hydrogen-bond acceptors (Lipinski definition) is 3. The molecule has 0 spiro atoms. The van der Waals surface area contributed by atoms with E-state index in [4.69, 9.17) is 0 Å². The summed E-state index contributed by atoms with van der Waals surface area (Å²) in [7, 11) is 0. The molecule has 0 aliphatic carbocycles. The lowest BCUT2D eigenvalue weighted by Crippen LogP contribution is -2.48. The molecule has 2 fully saturated rings. The third kappa shape index (κ3) is 3.72. The summed E-state index contributed by atoms with van der Waals surface area (Å²) >= 11 is 0. The van der Waals surface area contributed by atoms with Crippen LogP contribution in [0.15, 0.2) is 0 Å². The molecule has 1 atom stereocenters. The maximum Gasteiger partial charge on any atom is 0.0110 e. The van der Waals surface area contributed by atoms with Crippen LogP contribution in [0.5, 0.6) is 0 Å². The minimum Gasteiger partial charge on any atom is -0.316 e. The number of piperazine rings is 1. The highest BCUT2D eigenvalue weighted by Gasteiger charge is 2.19. The molecule has 0 bridgehead atoms. The highest BCUT2D eigenvalue weighted by atomic mass is 15.3. The van der Waals surface area contributed by atoms with Gasteiger partial charge in [0.15, 0.2) is 0 Å². The topological polar surface area (TPSA) is 18.5 Å². The molecular formula is C13H27N3. The van der Waals surface area contributed by atoms with Gasteiger partial charge in [0.05, 0.1) is 0 Å². The molecule has 2 rings (SSSR count). The van der Waals surface area contributed by atoms with Crippen LogP contribution in [0.3, 0.4) is 0 Å². The van der Waals surface area contributed by atoms with Crippen LogP contribution >= 0.6 is 0 Å². The van der Waals surface area contributed by atoms with Gasteiger partial charge in [-0.05, 0) is 38.4 Å². The summed E-state index contributed by atoms with van der Waals surface area (Å²) in [6.45, 7) is 12.4. The van der Waals surface area contributed by atoms with Crippen molar-refractivity contribution in [2.45, 2.75) is 26.2 Å². The van der Waals surface area contributed by atoms with Crippen molar-refractivity contribution in [2.24, 2.45) is 5.92 Å². The lowest BCUT2D eigenvalue weighted by atomic mass is 10.0. The summed E-state index contributed by atoms with van der Waals surface area (Å²) in [5.41, 5.74) is 0. The fourth-order valence-electron chi connectivity index (χ4n) is 2.90. The number of rotatable bonds is 3. The maximum absolute atomic E-state index is 3.57. The molecule has 0 amide bonds. The van der Waals surface area contributed by atoms with Crippen LogP contribution in [-0.2, 0) is 0 Å². The van der Waals surface area contributed by atoms with Crippen molar-refractivity contribution < 1.29 is 0 Å². The van der Waals surface area contributed by atoms with Crippen LogP contribution in [0.2, 0.25) is 0 Å². The Bertz CT molecular complexity index is 180. The molecule has 0 radical (unpaired) electrons. The Kier molecular flexibility index (Phi) is 5.07. The van der Waals surface area contributed by atoms with E-state index in [2.05, 4.69) is 22.0 Å². The van der Waals surface area contributed by atoms with E-state index in [-0.39, 0.29) is 0 Å². The molecule has 1 N–H and O–H groups in total. The Morgan fingerprint density at radius 2 is 1.81 bits per heavy atom. The normalized spacial score (nSPS) is 30.2. The molecule has 16 heavy (non-hydrogen) atoms. The van der Waals surface area contributed by atoms with Gasteiger partial charge in [-0.1, -0.05) is 13.3 Å². The predicted octanol–water partition coefficient (Wildman–Crippen LogP) is 1.01. The summed E-state index contributed by atoms with van der Waals surface area (Å²) in [5, 5.41) is 3.57. The second kappa shape index (κ2) is 6.58. The summed E-state index contributed by atoms with van der Waals surface area (Å²) in [6.07, 6.45) is 4.23. The molecular weight excluding hydrogens is 198 g/mol. The fourth-order valence-corrected chi connectivity index (χ4v) is 2.90. The first-order chi connectivity index (χ1) is 7.88. The summed E-state index contributed by atoms with van der Waals surface area (Å²) < 4.78 is 0. The van der Waals surface area contributed by atoms with E-state index in [1.807, 2.05) is 0 Å². The average molecular weight is 225 g/mol. The van der Waals surface area contributed by atoms with Gasteiger partial charge in [0.2, 0.25) is 0 Å². The van der Waals surface area contributed by atoms with Crippen molar-refractivity contribution in [1.82, 2.24) is 15.1 Å². The minimum atomic E-state index is 0.899. The summed E-state index contributed by atoms with van der Waals surface area (Å²) in [6, 6.07) is 0. The zero-order chi connectivity index (χ0) is 11.2. The van der Waals surface area contributed by atoms with Gasteiger partial charge < -0.3 is 15.1 Å². The molecule has 0 aromatic rings. The number of hydrogen-bond donors (Lipinski definition) is 1. The Morgan fingerprint density at radius 1 is 1.06 bits per heavy atom. The summed E-state index contributed by atoms with van der Waals surface area (Å²) in [4.78, 5) is 5.23. The second-order valence-corrected chi connectivity index (χ2v) is 5.30. The van der Waals surface area contributed by atoms with Crippen LogP contribution in [0.1, 0.15) is 26.2 Å². The highest BCUT2D eigenvalue weighted by Crippen LogP contribution is 2.14. The zero-order valence-corrected chi connectivity index (χ0v) is 10.7. The number of nitrogens with zero attached hydrogens (tertiary/aromatic N) is 2. The van der Waals surface area contributed by atoms with Gasteiger partial charge in [-0.2, -0.15) is 0 Å². The first kappa shape index (κ1) is 12.3. The Balaban J connectivity index is 1.69. The standard InChI is InChI=1S/C13H27N3/c1-2-15-7-9-16(10-8-15)12-13-5-3-4-6-14-11-13/h13-14H,2-12H2,1H3. The van der Waals surface area contributed by atoms with E-state index in [1.54, 1.807) is 0 Å². The van der Waals surface area contributed by atoms with Gasteiger partial charge in [0.25, 0.3) is 0 Å². The molecule has 3 heteroatoms. The van der Waals surface area contributed by atoms with Crippen LogP contribution in [0, 0.1) is 5.92 Å². The van der Waals surface area contributed by atoms with Gasteiger partial charge in [0, 0.05) is 32.7 Å². The van der Waals surface area contributed by atoms with E-state index in [0.29, 0.717) is 0 Å². The molecule has 0 saturated carbocycles. The van der Waals surface area contributed by atoms with Crippen molar-refractivity contribution in [3.63, 3.8) is 0 Å². The van der Waals surface area contributed by atoms with Crippen molar-refractivity contribution in [1.29, 1.82) is 0 Å². The van der Waals surface area contributed by atoms with Crippen LogP contribution < -0.4 is 5.32 Å². The van der Waals surface area contributed by atoms with Crippen molar-refractivity contribution >= 4 is 0 Å². The van der Waals surface area contributed by atoms with Crippen LogP contribution in [-0.4, -0.2) is 62.2 Å². The fraction of sp³-hybridized carbons (Fsp3) is 1.00. The molecule has 0 aromatic heterocycles. The number of nitrogens with one attached hydrogen (secondary N) is 1. The first-order valence-electron chi connectivity index (χ1n) is 7.04. The highest BCUT2D eigenvalue weighted by molar-refractivity contribution is 4.76. The first-order valence-corrected chi connectivity index (χ1v) is 7.04. The molecule has 3 nitrogen and oxygen atoms in total. The van der Waals surface area contributed by atoms with Gasteiger partial charge >= 0.3 is 0 Å². The third-order valence-corrected chi connectivity index (χ3v) is 4.08. The van der Waals surface area contributed by atoms with E-state index in [9.17, 15) is 0 Å².